The topological polar surface area (TPSA) is 94.0 Å². The first-order chi connectivity index (χ1) is 14.8. The van der Waals surface area contributed by atoms with Crippen LogP contribution in [0.2, 0.25) is 0 Å². The van der Waals surface area contributed by atoms with E-state index in [1.807, 2.05) is 16.5 Å². The summed E-state index contributed by atoms with van der Waals surface area (Å²) in [5.74, 6) is 1.25. The molecule has 0 N–H and O–H groups in total. The Kier molecular flexibility index (Phi) is 6.34. The van der Waals surface area contributed by atoms with E-state index in [0.29, 0.717) is 37.5 Å². The molecule has 3 heterocycles. The highest BCUT2D eigenvalue weighted by Gasteiger charge is 2.31. The summed E-state index contributed by atoms with van der Waals surface area (Å²) in [5.41, 5.74) is 1.46. The van der Waals surface area contributed by atoms with E-state index in [0.717, 1.165) is 37.3 Å². The van der Waals surface area contributed by atoms with Crippen molar-refractivity contribution in [1.29, 1.82) is 0 Å². The van der Waals surface area contributed by atoms with Gasteiger partial charge in [-0.3, -0.25) is 4.79 Å². The number of nitrogens with zero attached hydrogens (tertiary/aromatic N) is 4. The van der Waals surface area contributed by atoms with Gasteiger partial charge < -0.3 is 18.9 Å². The van der Waals surface area contributed by atoms with Crippen LogP contribution < -0.4 is 0 Å². The number of sulfonamides is 1. The Labute approximate surface area is 183 Å². The van der Waals surface area contributed by atoms with E-state index in [4.69, 9.17) is 9.47 Å². The van der Waals surface area contributed by atoms with Crippen LogP contribution in [0.4, 0.5) is 0 Å². The molecule has 2 aliphatic rings. The second-order valence-electron chi connectivity index (χ2n) is 8.35. The van der Waals surface area contributed by atoms with Crippen molar-refractivity contribution < 1.29 is 22.7 Å². The van der Waals surface area contributed by atoms with E-state index >= 15 is 0 Å². The SMILES string of the molecule is CN(C)S(=O)(=O)c1ccc2c(c1)nc(CCC(=O)N1CCC(C3OCCO3)CC1)n2C. The summed E-state index contributed by atoms with van der Waals surface area (Å²) in [6.07, 6.45) is 2.56. The summed E-state index contributed by atoms with van der Waals surface area (Å²) in [7, 11) is 1.38. The van der Waals surface area contributed by atoms with Crippen LogP contribution in [0.5, 0.6) is 0 Å². The van der Waals surface area contributed by atoms with Crippen molar-refractivity contribution in [3.05, 3.63) is 24.0 Å². The summed E-state index contributed by atoms with van der Waals surface area (Å²) in [4.78, 5) is 19.5. The van der Waals surface area contributed by atoms with Crippen LogP contribution >= 0.6 is 0 Å². The third kappa shape index (κ3) is 4.48. The van der Waals surface area contributed by atoms with Crippen molar-refractivity contribution in [3.8, 4) is 0 Å². The molecule has 1 amide bonds. The Morgan fingerprint density at radius 3 is 2.52 bits per heavy atom. The number of likely N-dealkylation sites (tertiary alicyclic amines) is 1. The minimum Gasteiger partial charge on any atom is -0.350 e. The monoisotopic (exact) mass is 450 g/mol. The number of ether oxygens (including phenoxy) is 2. The van der Waals surface area contributed by atoms with Crippen molar-refractivity contribution in [2.75, 3.05) is 40.4 Å². The third-order valence-corrected chi connectivity index (χ3v) is 8.02. The van der Waals surface area contributed by atoms with Gasteiger partial charge in [0.25, 0.3) is 0 Å². The van der Waals surface area contributed by atoms with Crippen molar-refractivity contribution in [2.24, 2.45) is 13.0 Å². The third-order valence-electron chi connectivity index (χ3n) is 6.21. The molecule has 0 spiro atoms. The predicted octanol–water partition coefficient (Wildman–Crippen LogP) is 1.37. The van der Waals surface area contributed by atoms with Crippen molar-refractivity contribution >= 4 is 27.0 Å². The maximum atomic E-state index is 12.7. The molecule has 0 radical (unpaired) electrons. The van der Waals surface area contributed by atoms with E-state index in [2.05, 4.69) is 4.98 Å². The van der Waals surface area contributed by atoms with E-state index in [1.165, 1.54) is 18.4 Å². The van der Waals surface area contributed by atoms with Crippen LogP contribution in [-0.4, -0.2) is 79.8 Å². The fourth-order valence-corrected chi connectivity index (χ4v) is 5.19. The Bertz CT molecular complexity index is 1050. The molecule has 1 aromatic heterocycles. The van der Waals surface area contributed by atoms with E-state index in [1.54, 1.807) is 18.2 Å². The standard InChI is InChI=1S/C21H30N4O5S/c1-23(2)31(27,28)16-4-5-18-17(14-16)22-19(24(18)3)6-7-20(26)25-10-8-15(9-11-25)21-29-12-13-30-21/h4-5,14-15,21H,6-13H2,1-3H3. The lowest BCUT2D eigenvalue weighted by molar-refractivity contribution is -0.136. The highest BCUT2D eigenvalue weighted by atomic mass is 32.2. The molecule has 4 rings (SSSR count). The Balaban J connectivity index is 1.38. The zero-order chi connectivity index (χ0) is 22.2. The number of piperidine rings is 1. The molecule has 10 heteroatoms. The van der Waals surface area contributed by atoms with E-state index in [-0.39, 0.29) is 17.1 Å². The van der Waals surface area contributed by atoms with E-state index in [9.17, 15) is 13.2 Å². The average Bonchev–Trinajstić information content (AvgIpc) is 3.40. The van der Waals surface area contributed by atoms with Gasteiger partial charge in [0.15, 0.2) is 6.29 Å². The lowest BCUT2D eigenvalue weighted by Crippen LogP contribution is -2.41. The molecular weight excluding hydrogens is 420 g/mol. The lowest BCUT2D eigenvalue weighted by atomic mass is 9.96. The van der Waals surface area contributed by atoms with Gasteiger partial charge in [-0.2, -0.15) is 0 Å². The lowest BCUT2D eigenvalue weighted by Gasteiger charge is -2.33. The number of hydrogen-bond donors (Lipinski definition) is 0. The molecular formula is C21H30N4O5S. The number of hydrogen-bond acceptors (Lipinski definition) is 6. The Morgan fingerprint density at radius 2 is 1.87 bits per heavy atom. The fraction of sp³-hybridized carbons (Fsp3) is 0.619. The average molecular weight is 451 g/mol. The van der Waals surface area contributed by atoms with Crippen molar-refractivity contribution in [1.82, 2.24) is 18.8 Å². The first-order valence-electron chi connectivity index (χ1n) is 10.7. The van der Waals surface area contributed by atoms with Gasteiger partial charge in [-0.25, -0.2) is 17.7 Å². The molecule has 0 aliphatic carbocycles. The fourth-order valence-electron chi connectivity index (χ4n) is 4.27. The maximum Gasteiger partial charge on any atom is 0.242 e. The van der Waals surface area contributed by atoms with Gasteiger partial charge in [-0.15, -0.1) is 0 Å². The smallest absolute Gasteiger partial charge is 0.242 e. The van der Waals surface area contributed by atoms with Crippen LogP contribution in [0.25, 0.3) is 11.0 Å². The number of carbonyl (C=O) groups excluding carboxylic acids is 1. The second-order valence-corrected chi connectivity index (χ2v) is 10.5. The van der Waals surface area contributed by atoms with Gasteiger partial charge in [0.2, 0.25) is 15.9 Å². The first-order valence-corrected chi connectivity index (χ1v) is 12.1. The van der Waals surface area contributed by atoms with Crippen LogP contribution in [0.1, 0.15) is 25.1 Å². The number of imidazole rings is 1. The largest absolute Gasteiger partial charge is 0.350 e. The molecule has 0 unspecified atom stereocenters. The normalized spacial score (nSPS) is 19.0. The summed E-state index contributed by atoms with van der Waals surface area (Å²) >= 11 is 0. The molecule has 2 saturated heterocycles. The molecule has 1 aromatic carbocycles. The van der Waals surface area contributed by atoms with Crippen LogP contribution in [0.3, 0.4) is 0 Å². The summed E-state index contributed by atoms with van der Waals surface area (Å²) < 4.78 is 39.1. The van der Waals surface area contributed by atoms with Crippen LogP contribution in [0.15, 0.2) is 23.1 Å². The highest BCUT2D eigenvalue weighted by molar-refractivity contribution is 7.89. The molecule has 2 fully saturated rings. The van der Waals surface area contributed by atoms with Gasteiger partial charge in [0.1, 0.15) is 5.82 Å². The Morgan fingerprint density at radius 1 is 1.19 bits per heavy atom. The molecule has 0 saturated carbocycles. The second kappa shape index (κ2) is 8.85. The molecule has 0 bridgehead atoms. The number of benzene rings is 1. The Hall–Kier alpha value is -2.01. The zero-order valence-electron chi connectivity index (χ0n) is 18.3. The zero-order valence-corrected chi connectivity index (χ0v) is 19.1. The van der Waals surface area contributed by atoms with Crippen molar-refractivity contribution in [2.45, 2.75) is 36.9 Å². The number of rotatable bonds is 6. The molecule has 9 nitrogen and oxygen atoms in total. The van der Waals surface area contributed by atoms with Crippen molar-refractivity contribution in [3.63, 3.8) is 0 Å². The number of aromatic nitrogens is 2. The number of carbonyl (C=O) groups is 1. The molecule has 2 aromatic rings. The molecule has 2 aliphatic heterocycles. The molecule has 0 atom stereocenters. The van der Waals surface area contributed by atoms with E-state index < -0.39 is 10.0 Å². The highest BCUT2D eigenvalue weighted by Crippen LogP contribution is 2.26. The van der Waals surface area contributed by atoms with Crippen LogP contribution in [-0.2, 0) is 37.8 Å². The summed E-state index contributed by atoms with van der Waals surface area (Å²) in [6.45, 7) is 2.76. The summed E-state index contributed by atoms with van der Waals surface area (Å²) in [5, 5.41) is 0. The number of fused-ring (bicyclic) bond motifs is 1. The minimum absolute atomic E-state index is 0.113. The van der Waals surface area contributed by atoms with Gasteiger partial charge in [0, 0.05) is 53.0 Å². The van der Waals surface area contributed by atoms with Gasteiger partial charge in [-0.1, -0.05) is 0 Å². The van der Waals surface area contributed by atoms with Crippen LogP contribution in [0, 0.1) is 5.92 Å². The minimum atomic E-state index is -3.52. The first kappa shape index (κ1) is 22.2. The predicted molar refractivity (Wildman–Crippen MR) is 115 cm³/mol. The number of aryl methyl sites for hydroxylation is 2. The van der Waals surface area contributed by atoms with Gasteiger partial charge in [-0.05, 0) is 31.0 Å². The molecule has 31 heavy (non-hydrogen) atoms. The van der Waals surface area contributed by atoms with Gasteiger partial charge >= 0.3 is 0 Å². The summed E-state index contributed by atoms with van der Waals surface area (Å²) in [6, 6.07) is 4.95. The maximum absolute atomic E-state index is 12.7. The van der Waals surface area contributed by atoms with Gasteiger partial charge in [0.05, 0.1) is 29.1 Å². The molecule has 170 valence electrons. The number of amides is 1. The quantitative estimate of drug-likeness (QED) is 0.660.